The number of halogens is 2. The Labute approximate surface area is 200 Å². The third kappa shape index (κ3) is 6.34. The summed E-state index contributed by atoms with van der Waals surface area (Å²) in [6, 6.07) is 2.09. The summed E-state index contributed by atoms with van der Waals surface area (Å²) in [5, 5.41) is 25.7. The Morgan fingerprint density at radius 2 is 1.80 bits per heavy atom. The van der Waals surface area contributed by atoms with Crippen LogP contribution in [-0.2, 0) is 9.47 Å². The smallest absolute Gasteiger partial charge is 0.299 e. The number of carbonyl (C=O) groups is 1. The number of rotatable bonds is 10. The van der Waals surface area contributed by atoms with Crippen LogP contribution in [0.15, 0.2) is 12.1 Å². The number of nitrogens with zero attached hydrogens (tertiary/aromatic N) is 3. The predicted molar refractivity (Wildman–Crippen MR) is 127 cm³/mol. The molecule has 30 heavy (non-hydrogen) atoms. The van der Waals surface area contributed by atoms with E-state index in [1.54, 1.807) is 18.7 Å². The number of hydrogen-bond acceptors (Lipinski definition) is 8. The van der Waals surface area contributed by atoms with E-state index in [1.165, 1.54) is 6.07 Å². The average molecular weight is 648 g/mol. The Hall–Kier alpha value is -1.33. The van der Waals surface area contributed by atoms with E-state index in [-0.39, 0.29) is 24.4 Å². The van der Waals surface area contributed by atoms with Gasteiger partial charge in [-0.3, -0.25) is 25.0 Å². The molecule has 1 heterocycles. The summed E-state index contributed by atoms with van der Waals surface area (Å²) in [4.78, 5) is 36.2. The van der Waals surface area contributed by atoms with Gasteiger partial charge in [0.05, 0.1) is 22.5 Å². The highest BCUT2D eigenvalue weighted by molar-refractivity contribution is 14.1. The summed E-state index contributed by atoms with van der Waals surface area (Å²) in [5.74, 6) is -1.46. The highest BCUT2D eigenvalue weighted by Crippen LogP contribution is 2.35. The molecular weight excluding hydrogens is 626 g/mol. The summed E-state index contributed by atoms with van der Waals surface area (Å²) < 4.78 is 12.4. The molecular formula is C17H22I2N4O7. The maximum Gasteiger partial charge on any atom is 0.299 e. The number of carbonyl (C=O) groups excluding carboxylic acids is 1. The predicted octanol–water partition coefficient (Wildman–Crippen LogP) is 3.06. The zero-order valence-electron chi connectivity index (χ0n) is 16.4. The first kappa shape index (κ1) is 24.9. The summed E-state index contributed by atoms with van der Waals surface area (Å²) in [7, 11) is 0. The van der Waals surface area contributed by atoms with Crippen molar-refractivity contribution in [2.75, 3.05) is 40.0 Å². The average Bonchev–Trinajstić information content (AvgIpc) is 3.03. The van der Waals surface area contributed by atoms with Gasteiger partial charge in [-0.1, -0.05) is 45.2 Å². The van der Waals surface area contributed by atoms with Crippen LogP contribution >= 0.6 is 45.2 Å². The van der Waals surface area contributed by atoms with E-state index in [9.17, 15) is 25.0 Å². The van der Waals surface area contributed by atoms with Gasteiger partial charge < -0.3 is 19.7 Å². The molecule has 1 amide bonds. The fourth-order valence-electron chi connectivity index (χ4n) is 3.02. The monoisotopic (exact) mass is 648 g/mol. The number of ether oxygens (including phenoxy) is 2. The Morgan fingerprint density at radius 1 is 1.20 bits per heavy atom. The number of amides is 1. The van der Waals surface area contributed by atoms with Crippen LogP contribution in [-0.4, -0.2) is 62.7 Å². The second-order valence-electron chi connectivity index (χ2n) is 6.90. The van der Waals surface area contributed by atoms with Crippen LogP contribution in [0.5, 0.6) is 0 Å². The molecule has 1 aliphatic heterocycles. The van der Waals surface area contributed by atoms with Gasteiger partial charge in [-0.2, -0.15) is 0 Å². The van der Waals surface area contributed by atoms with Crippen LogP contribution in [0.1, 0.15) is 24.2 Å². The maximum atomic E-state index is 12.8. The van der Waals surface area contributed by atoms with E-state index < -0.39 is 39.0 Å². The third-order valence-electron chi connectivity index (χ3n) is 4.34. The van der Waals surface area contributed by atoms with Gasteiger partial charge in [-0.25, -0.2) is 0 Å². The quantitative estimate of drug-likeness (QED) is 0.177. The molecule has 13 heteroatoms. The van der Waals surface area contributed by atoms with Crippen molar-refractivity contribution < 1.29 is 24.1 Å². The van der Waals surface area contributed by atoms with Crippen molar-refractivity contribution in [1.29, 1.82) is 0 Å². The molecule has 2 rings (SSSR count). The van der Waals surface area contributed by atoms with Gasteiger partial charge in [0, 0.05) is 28.5 Å². The van der Waals surface area contributed by atoms with Crippen molar-refractivity contribution in [2.45, 2.75) is 25.7 Å². The van der Waals surface area contributed by atoms with Gasteiger partial charge in [0.2, 0.25) is 0 Å². The lowest BCUT2D eigenvalue weighted by molar-refractivity contribution is -0.393. The lowest BCUT2D eigenvalue weighted by Gasteiger charge is -2.23. The van der Waals surface area contributed by atoms with E-state index >= 15 is 0 Å². The minimum atomic E-state index is -0.787. The van der Waals surface area contributed by atoms with Crippen molar-refractivity contribution >= 4 is 68.2 Å². The molecule has 0 aromatic heterocycles. The van der Waals surface area contributed by atoms with Crippen molar-refractivity contribution in [1.82, 2.24) is 5.32 Å². The fraction of sp³-hybridized carbons (Fsp3) is 0.588. The van der Waals surface area contributed by atoms with E-state index in [1.807, 2.05) is 0 Å². The Kier molecular flexibility index (Phi) is 8.98. The lowest BCUT2D eigenvalue weighted by atomic mass is 10.1. The minimum absolute atomic E-state index is 0.0942. The largest absolute Gasteiger partial charge is 0.364 e. The van der Waals surface area contributed by atoms with Gasteiger partial charge in [-0.05, 0) is 19.9 Å². The Bertz CT molecular complexity index is 816. The molecule has 1 atom stereocenters. The minimum Gasteiger partial charge on any atom is -0.364 e. The first-order valence-electron chi connectivity index (χ1n) is 9.03. The molecule has 11 nitrogen and oxygen atoms in total. The van der Waals surface area contributed by atoms with Crippen LogP contribution in [0.25, 0.3) is 0 Å². The van der Waals surface area contributed by atoms with E-state index in [4.69, 9.17) is 9.47 Å². The zero-order valence-corrected chi connectivity index (χ0v) is 20.7. The molecule has 0 spiro atoms. The topological polar surface area (TPSA) is 137 Å². The van der Waals surface area contributed by atoms with Crippen LogP contribution in [0.2, 0.25) is 0 Å². The first-order chi connectivity index (χ1) is 14.1. The molecule has 0 saturated carbocycles. The van der Waals surface area contributed by atoms with E-state index in [0.29, 0.717) is 21.9 Å². The van der Waals surface area contributed by atoms with Gasteiger partial charge >= 0.3 is 0 Å². The molecule has 166 valence electrons. The summed E-state index contributed by atoms with van der Waals surface area (Å²) in [6.45, 7) is 4.88. The molecule has 0 bridgehead atoms. The second-order valence-corrected chi connectivity index (χ2v) is 9.06. The lowest BCUT2D eigenvalue weighted by Crippen LogP contribution is -2.35. The molecule has 1 aromatic carbocycles. The van der Waals surface area contributed by atoms with Crippen LogP contribution in [0.4, 0.5) is 17.1 Å². The highest BCUT2D eigenvalue weighted by atomic mass is 127. The molecule has 0 aliphatic carbocycles. The van der Waals surface area contributed by atoms with Crippen molar-refractivity contribution in [3.05, 3.63) is 37.9 Å². The molecule has 0 radical (unpaired) electrons. The number of nitro benzene ring substituents is 2. The fourth-order valence-corrected chi connectivity index (χ4v) is 4.19. The van der Waals surface area contributed by atoms with Gasteiger partial charge in [-0.15, -0.1) is 0 Å². The molecule has 1 aliphatic rings. The molecule has 1 aromatic rings. The number of nitro groups is 2. The van der Waals surface area contributed by atoms with Crippen molar-refractivity contribution in [2.24, 2.45) is 0 Å². The SMILES string of the molecule is CC1(C)OCC(CNC(=O)c2cc(N(CCI)CCI)c([N+](=O)[O-])cc2[N+](=O)[O-])O1. The van der Waals surface area contributed by atoms with E-state index in [0.717, 1.165) is 6.07 Å². The van der Waals surface area contributed by atoms with Crippen LogP contribution in [0, 0.1) is 20.2 Å². The van der Waals surface area contributed by atoms with Gasteiger partial charge in [0.25, 0.3) is 17.3 Å². The summed E-state index contributed by atoms with van der Waals surface area (Å²) >= 11 is 4.30. The standard InChI is InChI=1S/C17H22I2N4O7/c1-17(2)29-10-11(30-17)9-20-16(24)12-7-14(21(5-3-18)6-4-19)15(23(27)28)8-13(12)22(25)26/h7-8,11H,3-6,9-10H2,1-2H3,(H,20,24). The Morgan fingerprint density at radius 3 is 2.27 bits per heavy atom. The first-order valence-corrected chi connectivity index (χ1v) is 12.1. The van der Waals surface area contributed by atoms with E-state index in [2.05, 4.69) is 50.5 Å². The highest BCUT2D eigenvalue weighted by Gasteiger charge is 2.34. The molecule has 1 N–H and O–H groups in total. The normalized spacial score (nSPS) is 17.5. The third-order valence-corrected chi connectivity index (χ3v) is 5.30. The molecule has 1 fully saturated rings. The maximum absolute atomic E-state index is 12.8. The molecule has 1 saturated heterocycles. The number of benzene rings is 1. The molecule has 1 unspecified atom stereocenters. The number of nitrogens with one attached hydrogen (secondary N) is 1. The summed E-state index contributed by atoms with van der Waals surface area (Å²) in [5.41, 5.74) is -1.06. The number of alkyl halides is 2. The Balaban J connectivity index is 2.38. The summed E-state index contributed by atoms with van der Waals surface area (Å²) in [6.07, 6.45) is -0.393. The van der Waals surface area contributed by atoms with Gasteiger partial charge in [0.1, 0.15) is 17.4 Å². The van der Waals surface area contributed by atoms with Crippen molar-refractivity contribution in [3.63, 3.8) is 0 Å². The van der Waals surface area contributed by atoms with Crippen molar-refractivity contribution in [3.8, 4) is 0 Å². The van der Waals surface area contributed by atoms with Crippen LogP contribution in [0.3, 0.4) is 0 Å². The second kappa shape index (κ2) is 10.8. The zero-order chi connectivity index (χ0) is 22.5. The number of hydrogen-bond donors (Lipinski definition) is 1. The van der Waals surface area contributed by atoms with Crippen LogP contribution < -0.4 is 10.2 Å². The number of anilines is 1. The van der Waals surface area contributed by atoms with Gasteiger partial charge in [0.15, 0.2) is 5.79 Å².